The van der Waals surface area contributed by atoms with Gasteiger partial charge in [-0.2, -0.15) is 4.37 Å². The van der Waals surface area contributed by atoms with E-state index in [4.69, 9.17) is 0 Å². The molecule has 0 radical (unpaired) electrons. The number of nitrogens with one attached hydrogen (secondary N) is 1. The SMILES string of the molecule is O=S([O-])Nc1ncsn1. The number of hydrogen-bond acceptors (Lipinski definition) is 5. The Bertz CT molecular complexity index is 198. The van der Waals surface area contributed by atoms with Gasteiger partial charge in [0.25, 0.3) is 0 Å². The summed E-state index contributed by atoms with van der Waals surface area (Å²) < 4.78 is 25.3. The summed E-state index contributed by atoms with van der Waals surface area (Å²) in [5.41, 5.74) is 1.44. The molecule has 0 saturated heterocycles. The number of hydrogen-bond donors (Lipinski definition) is 1. The second-order valence-electron chi connectivity index (χ2n) is 1.09. The van der Waals surface area contributed by atoms with Crippen molar-refractivity contribution in [3.05, 3.63) is 5.51 Å². The van der Waals surface area contributed by atoms with Crippen LogP contribution in [0.2, 0.25) is 0 Å². The summed E-state index contributed by atoms with van der Waals surface area (Å²) in [4.78, 5) is 3.56. The summed E-state index contributed by atoms with van der Waals surface area (Å²) in [7, 11) is 0. The van der Waals surface area contributed by atoms with Crippen LogP contribution in [0, 0.1) is 0 Å². The van der Waals surface area contributed by atoms with Crippen LogP contribution in [0.1, 0.15) is 0 Å². The summed E-state index contributed by atoms with van der Waals surface area (Å²) in [6, 6.07) is 0. The van der Waals surface area contributed by atoms with Gasteiger partial charge in [-0.05, 0) is 11.5 Å². The van der Waals surface area contributed by atoms with Crippen molar-refractivity contribution in [3.63, 3.8) is 0 Å². The molecule has 0 aliphatic rings. The minimum atomic E-state index is -2.31. The lowest BCUT2D eigenvalue weighted by Crippen LogP contribution is -2.02. The first kappa shape index (κ1) is 6.59. The molecule has 1 N–H and O–H groups in total. The van der Waals surface area contributed by atoms with Crippen LogP contribution >= 0.6 is 11.5 Å². The topological polar surface area (TPSA) is 77.9 Å². The van der Waals surface area contributed by atoms with Crippen molar-refractivity contribution in [2.24, 2.45) is 0 Å². The highest BCUT2D eigenvalue weighted by Gasteiger charge is 1.90. The highest BCUT2D eigenvalue weighted by atomic mass is 32.2. The molecule has 9 heavy (non-hydrogen) atoms. The Balaban J connectivity index is 2.58. The maximum Gasteiger partial charge on any atom is 0.245 e. The van der Waals surface area contributed by atoms with Crippen molar-refractivity contribution >= 4 is 28.7 Å². The van der Waals surface area contributed by atoms with E-state index in [9.17, 15) is 8.76 Å². The van der Waals surface area contributed by atoms with E-state index in [1.165, 1.54) is 5.51 Å². The minimum absolute atomic E-state index is 0.119. The molecule has 1 atom stereocenters. The van der Waals surface area contributed by atoms with Crippen molar-refractivity contribution < 1.29 is 8.76 Å². The van der Waals surface area contributed by atoms with Gasteiger partial charge in [-0.1, -0.05) is 0 Å². The Morgan fingerprint density at radius 1 is 1.89 bits per heavy atom. The summed E-state index contributed by atoms with van der Waals surface area (Å²) in [6.45, 7) is 0. The lowest BCUT2D eigenvalue weighted by Gasteiger charge is -2.01. The molecule has 1 aromatic heterocycles. The first-order valence-corrected chi connectivity index (χ1v) is 3.82. The zero-order valence-corrected chi connectivity index (χ0v) is 5.74. The number of aromatic nitrogens is 2. The van der Waals surface area contributed by atoms with Gasteiger partial charge in [-0.25, -0.2) is 4.98 Å². The van der Waals surface area contributed by atoms with Gasteiger partial charge in [0.2, 0.25) is 5.95 Å². The molecule has 1 unspecified atom stereocenters. The highest BCUT2D eigenvalue weighted by Crippen LogP contribution is 1.98. The van der Waals surface area contributed by atoms with Crippen LogP contribution in [0.15, 0.2) is 5.51 Å². The molecule has 1 rings (SSSR count). The second kappa shape index (κ2) is 2.85. The van der Waals surface area contributed by atoms with Gasteiger partial charge in [0.05, 0.1) is 0 Å². The van der Waals surface area contributed by atoms with Gasteiger partial charge in [0.1, 0.15) is 5.51 Å². The molecule has 0 aliphatic heterocycles. The standard InChI is InChI=1S/C2H3N3O2S2/c6-9(7)5-2-3-1-8-4-2/h1H,(H,4,5)(H,6,7)/p-1. The van der Waals surface area contributed by atoms with Crippen LogP contribution in [0.25, 0.3) is 0 Å². The molecule has 0 saturated carbocycles. The Labute approximate surface area is 57.7 Å². The molecule has 0 spiro atoms. The number of rotatable bonds is 2. The van der Waals surface area contributed by atoms with Crippen LogP contribution in [0.4, 0.5) is 5.95 Å². The molecule has 7 heteroatoms. The minimum Gasteiger partial charge on any atom is -0.755 e. The average molecular weight is 164 g/mol. The quantitative estimate of drug-likeness (QED) is 0.611. The first-order chi connectivity index (χ1) is 4.29. The van der Waals surface area contributed by atoms with E-state index < -0.39 is 11.3 Å². The zero-order chi connectivity index (χ0) is 6.69. The van der Waals surface area contributed by atoms with Crippen molar-refractivity contribution in [2.45, 2.75) is 0 Å². The molecule has 0 aromatic carbocycles. The van der Waals surface area contributed by atoms with Crippen LogP contribution in [-0.4, -0.2) is 18.1 Å². The van der Waals surface area contributed by atoms with E-state index >= 15 is 0 Å². The molecule has 0 fully saturated rings. The first-order valence-electron chi connectivity index (χ1n) is 1.91. The molecule has 0 aliphatic carbocycles. The number of nitrogens with zero attached hydrogens (tertiary/aromatic N) is 2. The van der Waals surface area contributed by atoms with Gasteiger partial charge in [-0.3, -0.25) is 8.93 Å². The molecule has 5 nitrogen and oxygen atoms in total. The van der Waals surface area contributed by atoms with E-state index in [1.54, 1.807) is 0 Å². The predicted molar refractivity (Wildman–Crippen MR) is 32.5 cm³/mol. The fourth-order valence-corrected chi connectivity index (χ4v) is 0.982. The van der Waals surface area contributed by atoms with Crippen molar-refractivity contribution in [2.75, 3.05) is 4.72 Å². The molecular formula is C2H2N3O2S2-. The monoisotopic (exact) mass is 164 g/mol. The number of anilines is 1. The van der Waals surface area contributed by atoms with E-state index in [0.717, 1.165) is 11.5 Å². The smallest absolute Gasteiger partial charge is 0.245 e. The summed E-state index contributed by atoms with van der Waals surface area (Å²) in [5.74, 6) is 0.119. The molecule has 1 heterocycles. The Kier molecular flexibility index (Phi) is 2.09. The summed E-state index contributed by atoms with van der Waals surface area (Å²) in [5, 5.41) is 0. The van der Waals surface area contributed by atoms with E-state index in [-0.39, 0.29) is 5.95 Å². The lowest BCUT2D eigenvalue weighted by molar-refractivity contribution is 0.542. The fraction of sp³-hybridized carbons (Fsp3) is 0. The maximum absolute atomic E-state index is 9.88. The Hall–Kier alpha value is -0.530. The summed E-state index contributed by atoms with van der Waals surface area (Å²) >= 11 is -1.23. The second-order valence-corrected chi connectivity index (χ2v) is 2.37. The Morgan fingerprint density at radius 3 is 3.11 bits per heavy atom. The van der Waals surface area contributed by atoms with Gasteiger partial charge < -0.3 is 4.55 Å². The van der Waals surface area contributed by atoms with Gasteiger partial charge in [0, 0.05) is 11.3 Å². The van der Waals surface area contributed by atoms with Crippen molar-refractivity contribution in [3.8, 4) is 0 Å². The van der Waals surface area contributed by atoms with E-state index in [0.29, 0.717) is 0 Å². The molecule has 0 amide bonds. The van der Waals surface area contributed by atoms with Gasteiger partial charge in [-0.15, -0.1) is 0 Å². The zero-order valence-electron chi connectivity index (χ0n) is 4.10. The molecule has 50 valence electrons. The largest absolute Gasteiger partial charge is 0.755 e. The fourth-order valence-electron chi connectivity index (χ4n) is 0.290. The van der Waals surface area contributed by atoms with Crippen molar-refractivity contribution in [1.29, 1.82) is 0 Å². The molecular weight excluding hydrogens is 162 g/mol. The van der Waals surface area contributed by atoms with Gasteiger partial charge >= 0.3 is 0 Å². The molecule has 1 aromatic rings. The van der Waals surface area contributed by atoms with E-state index in [2.05, 4.69) is 9.36 Å². The van der Waals surface area contributed by atoms with E-state index in [1.807, 2.05) is 4.72 Å². The third-order valence-electron chi connectivity index (χ3n) is 0.536. The summed E-state index contributed by atoms with van der Waals surface area (Å²) in [6.07, 6.45) is 0. The predicted octanol–water partition coefficient (Wildman–Crippen LogP) is -0.256. The normalized spacial score (nSPS) is 13.0. The molecule has 0 bridgehead atoms. The third-order valence-corrected chi connectivity index (χ3v) is 1.36. The third kappa shape index (κ3) is 2.04. The van der Waals surface area contributed by atoms with Crippen LogP contribution in [-0.2, 0) is 11.3 Å². The van der Waals surface area contributed by atoms with Gasteiger partial charge in [0.15, 0.2) is 0 Å². The highest BCUT2D eigenvalue weighted by molar-refractivity contribution is 7.80. The average Bonchev–Trinajstić information content (AvgIpc) is 2.15. The lowest BCUT2D eigenvalue weighted by atomic mass is 11.1. The maximum atomic E-state index is 9.88. The Morgan fingerprint density at radius 2 is 2.67 bits per heavy atom. The van der Waals surface area contributed by atoms with Crippen LogP contribution in [0.5, 0.6) is 0 Å². The van der Waals surface area contributed by atoms with Crippen LogP contribution < -0.4 is 4.72 Å². The van der Waals surface area contributed by atoms with Crippen LogP contribution in [0.3, 0.4) is 0 Å². The van der Waals surface area contributed by atoms with Crippen molar-refractivity contribution in [1.82, 2.24) is 9.36 Å².